The number of likely N-dealkylation sites (tertiary alicyclic amines) is 1. The van der Waals surface area contributed by atoms with Crippen molar-refractivity contribution < 1.29 is 19.8 Å². The molecule has 5 nitrogen and oxygen atoms in total. The maximum Gasteiger partial charge on any atom is 0.313 e. The first-order chi connectivity index (χ1) is 11.0. The number of aliphatic hydroxyl groups excluding tert-OH is 1. The van der Waals surface area contributed by atoms with Gasteiger partial charge in [0, 0.05) is 18.1 Å². The van der Waals surface area contributed by atoms with Gasteiger partial charge >= 0.3 is 5.97 Å². The lowest BCUT2D eigenvalue weighted by molar-refractivity contribution is -0.133. The van der Waals surface area contributed by atoms with Crippen molar-refractivity contribution in [1.82, 2.24) is 4.90 Å². The molecule has 1 aliphatic rings. The van der Waals surface area contributed by atoms with E-state index in [0.717, 1.165) is 30.2 Å². The minimum atomic E-state index is -0.910. The maximum atomic E-state index is 12.0. The van der Waals surface area contributed by atoms with Crippen LogP contribution in [0.2, 0.25) is 5.02 Å². The van der Waals surface area contributed by atoms with E-state index in [1.54, 1.807) is 17.0 Å². The van der Waals surface area contributed by atoms with E-state index in [-0.39, 0.29) is 23.3 Å². The highest BCUT2D eigenvalue weighted by molar-refractivity contribution is 8.00. The van der Waals surface area contributed by atoms with Gasteiger partial charge in [0.15, 0.2) is 0 Å². The summed E-state index contributed by atoms with van der Waals surface area (Å²) >= 11 is 6.97. The van der Waals surface area contributed by atoms with E-state index in [1.807, 2.05) is 12.1 Å². The zero-order valence-corrected chi connectivity index (χ0v) is 14.2. The number of carbonyl (C=O) groups is 2. The summed E-state index contributed by atoms with van der Waals surface area (Å²) in [6.07, 6.45) is 0.920. The molecule has 1 amide bonds. The van der Waals surface area contributed by atoms with Crippen LogP contribution in [0.25, 0.3) is 0 Å². The van der Waals surface area contributed by atoms with Crippen LogP contribution >= 0.6 is 23.4 Å². The lowest BCUT2D eigenvalue weighted by atomic mass is 9.87. The molecule has 0 saturated carbocycles. The number of aliphatic hydroxyl groups is 1. The summed E-state index contributed by atoms with van der Waals surface area (Å²) in [7, 11) is 0. The Hall–Kier alpha value is -1.24. The van der Waals surface area contributed by atoms with Crippen molar-refractivity contribution in [3.05, 3.63) is 34.9 Å². The van der Waals surface area contributed by atoms with Crippen molar-refractivity contribution >= 4 is 35.2 Å². The highest BCUT2D eigenvalue weighted by Crippen LogP contribution is 2.31. The number of thioether (sulfide) groups is 1. The Morgan fingerprint density at radius 2 is 1.83 bits per heavy atom. The Balaban J connectivity index is 1.80. The van der Waals surface area contributed by atoms with Crippen molar-refractivity contribution in [3.63, 3.8) is 0 Å². The topological polar surface area (TPSA) is 77.8 Å². The van der Waals surface area contributed by atoms with Crippen molar-refractivity contribution in [1.29, 1.82) is 0 Å². The van der Waals surface area contributed by atoms with Gasteiger partial charge in [0.05, 0.1) is 17.6 Å². The number of aliphatic carboxylic acids is 1. The third-order valence-electron chi connectivity index (χ3n) is 4.00. The molecule has 0 spiro atoms. The molecule has 1 saturated heterocycles. The number of benzene rings is 1. The molecule has 126 valence electrons. The van der Waals surface area contributed by atoms with Gasteiger partial charge in [-0.1, -0.05) is 23.7 Å². The number of carboxylic acids is 1. The number of nitrogens with zero attached hydrogens (tertiary/aromatic N) is 1. The second kappa shape index (κ2) is 8.57. The van der Waals surface area contributed by atoms with Crippen molar-refractivity contribution in [2.24, 2.45) is 5.92 Å². The molecule has 1 fully saturated rings. The van der Waals surface area contributed by atoms with Gasteiger partial charge in [0.25, 0.3) is 0 Å². The second-order valence-corrected chi connectivity index (χ2v) is 7.02. The van der Waals surface area contributed by atoms with E-state index in [0.29, 0.717) is 18.1 Å². The SMILES string of the molecule is O=C(O)CSCC(=O)N1CCC(C(O)c2ccc(Cl)cc2)CC1. The summed E-state index contributed by atoms with van der Waals surface area (Å²) in [6, 6.07) is 7.18. The number of hydrogen-bond acceptors (Lipinski definition) is 4. The minimum Gasteiger partial charge on any atom is -0.481 e. The minimum absolute atomic E-state index is 0.0318. The van der Waals surface area contributed by atoms with Crippen LogP contribution in [0.5, 0.6) is 0 Å². The van der Waals surface area contributed by atoms with Crippen LogP contribution in [0.15, 0.2) is 24.3 Å². The largest absolute Gasteiger partial charge is 0.481 e. The molecule has 7 heteroatoms. The van der Waals surface area contributed by atoms with Gasteiger partial charge in [-0.15, -0.1) is 11.8 Å². The Labute approximate surface area is 144 Å². The van der Waals surface area contributed by atoms with E-state index in [4.69, 9.17) is 16.7 Å². The second-order valence-electron chi connectivity index (χ2n) is 5.60. The third-order valence-corrected chi connectivity index (χ3v) is 5.16. The summed E-state index contributed by atoms with van der Waals surface area (Å²) in [5.41, 5.74) is 0.844. The average Bonchev–Trinajstić information content (AvgIpc) is 2.54. The number of piperidine rings is 1. The van der Waals surface area contributed by atoms with Crippen LogP contribution in [-0.2, 0) is 9.59 Å². The van der Waals surface area contributed by atoms with Gasteiger partial charge in [-0.3, -0.25) is 9.59 Å². The number of carbonyl (C=O) groups excluding carboxylic acids is 1. The lowest BCUT2D eigenvalue weighted by Gasteiger charge is -2.34. The molecule has 1 atom stereocenters. The summed E-state index contributed by atoms with van der Waals surface area (Å²) in [5.74, 6) is -0.691. The number of halogens is 1. The quantitative estimate of drug-likeness (QED) is 0.817. The number of rotatable bonds is 6. The Morgan fingerprint density at radius 3 is 2.39 bits per heavy atom. The summed E-state index contributed by atoms with van der Waals surface area (Å²) in [6.45, 7) is 1.20. The molecular formula is C16H20ClNO4S. The number of hydrogen-bond donors (Lipinski definition) is 2. The summed E-state index contributed by atoms with van der Waals surface area (Å²) in [4.78, 5) is 24.2. The van der Waals surface area contributed by atoms with Crippen molar-refractivity contribution in [2.75, 3.05) is 24.6 Å². The molecule has 2 N–H and O–H groups in total. The van der Waals surface area contributed by atoms with Gasteiger partial charge < -0.3 is 15.1 Å². The smallest absolute Gasteiger partial charge is 0.313 e. The van der Waals surface area contributed by atoms with Gasteiger partial charge in [0.2, 0.25) is 5.91 Å². The first-order valence-corrected chi connectivity index (χ1v) is 9.01. The fourth-order valence-corrected chi connectivity index (χ4v) is 3.47. The Bertz CT molecular complexity index is 544. The van der Waals surface area contributed by atoms with Gasteiger partial charge in [-0.2, -0.15) is 0 Å². The molecule has 23 heavy (non-hydrogen) atoms. The Morgan fingerprint density at radius 1 is 1.22 bits per heavy atom. The van der Waals surface area contributed by atoms with E-state index in [1.165, 1.54) is 0 Å². The zero-order chi connectivity index (χ0) is 16.8. The average molecular weight is 358 g/mol. The molecule has 0 radical (unpaired) electrons. The highest BCUT2D eigenvalue weighted by atomic mass is 35.5. The van der Waals surface area contributed by atoms with E-state index in [2.05, 4.69) is 0 Å². The van der Waals surface area contributed by atoms with Crippen LogP contribution in [0.3, 0.4) is 0 Å². The van der Waals surface area contributed by atoms with Crippen LogP contribution < -0.4 is 0 Å². The molecule has 1 unspecified atom stereocenters. The van der Waals surface area contributed by atoms with Crippen LogP contribution in [0, 0.1) is 5.92 Å². The molecule has 0 aromatic heterocycles. The van der Waals surface area contributed by atoms with Crippen LogP contribution in [-0.4, -0.2) is 51.6 Å². The molecular weight excluding hydrogens is 338 g/mol. The molecule has 1 aliphatic heterocycles. The van der Waals surface area contributed by atoms with Crippen molar-refractivity contribution in [2.45, 2.75) is 18.9 Å². The van der Waals surface area contributed by atoms with Crippen LogP contribution in [0.4, 0.5) is 0 Å². The molecule has 1 aromatic carbocycles. The fraction of sp³-hybridized carbons (Fsp3) is 0.500. The maximum absolute atomic E-state index is 12.0. The normalized spacial score (nSPS) is 17.0. The molecule has 1 heterocycles. The van der Waals surface area contributed by atoms with Crippen molar-refractivity contribution in [3.8, 4) is 0 Å². The lowest BCUT2D eigenvalue weighted by Crippen LogP contribution is -2.40. The molecule has 0 aliphatic carbocycles. The predicted octanol–water partition coefficient (Wildman–Crippen LogP) is 2.43. The fourth-order valence-electron chi connectivity index (χ4n) is 2.71. The van der Waals surface area contributed by atoms with Gasteiger partial charge in [-0.25, -0.2) is 0 Å². The standard InChI is InChI=1S/C16H20ClNO4S/c17-13-3-1-11(2-4-13)16(22)12-5-7-18(8-6-12)14(19)9-23-10-15(20)21/h1-4,12,16,22H,5-10H2,(H,20,21). The van der Waals surface area contributed by atoms with E-state index >= 15 is 0 Å². The summed E-state index contributed by atoms with van der Waals surface area (Å²) < 4.78 is 0. The Kier molecular flexibility index (Phi) is 6.74. The molecule has 2 rings (SSSR count). The highest BCUT2D eigenvalue weighted by Gasteiger charge is 2.28. The summed E-state index contributed by atoms with van der Waals surface area (Å²) in [5, 5.41) is 19.7. The number of amides is 1. The van der Waals surface area contributed by atoms with E-state index in [9.17, 15) is 14.7 Å². The predicted molar refractivity (Wildman–Crippen MR) is 90.7 cm³/mol. The van der Waals surface area contributed by atoms with E-state index < -0.39 is 12.1 Å². The first kappa shape index (κ1) is 18.1. The molecule has 0 bridgehead atoms. The van der Waals surface area contributed by atoms with Gasteiger partial charge in [0.1, 0.15) is 0 Å². The monoisotopic (exact) mass is 357 g/mol. The number of carboxylic acid groups (broad SMARTS) is 1. The third kappa shape index (κ3) is 5.41. The first-order valence-electron chi connectivity index (χ1n) is 7.48. The van der Waals surface area contributed by atoms with Crippen LogP contribution in [0.1, 0.15) is 24.5 Å². The molecule has 1 aromatic rings. The zero-order valence-electron chi connectivity index (χ0n) is 12.7. The van der Waals surface area contributed by atoms with Gasteiger partial charge in [-0.05, 0) is 36.5 Å².